The molecular weight excluding hydrogens is 246 g/mol. The summed E-state index contributed by atoms with van der Waals surface area (Å²) in [6.07, 6.45) is 3.34. The van der Waals surface area contributed by atoms with Crippen molar-refractivity contribution in [2.45, 2.75) is 25.3 Å². The highest BCUT2D eigenvalue weighted by Crippen LogP contribution is 2.32. The minimum atomic E-state index is -0.523. The molecule has 1 aliphatic carbocycles. The molecule has 19 heavy (non-hydrogen) atoms. The second-order valence-electron chi connectivity index (χ2n) is 4.94. The van der Waals surface area contributed by atoms with Gasteiger partial charge in [0.1, 0.15) is 5.82 Å². The number of anilines is 2. The predicted octanol–water partition coefficient (Wildman–Crippen LogP) is 1.14. The lowest BCUT2D eigenvalue weighted by molar-refractivity contribution is -0.384. The zero-order chi connectivity index (χ0) is 14.0. The van der Waals surface area contributed by atoms with E-state index >= 15 is 0 Å². The molecule has 0 aromatic carbocycles. The monoisotopic (exact) mass is 265 g/mol. The molecule has 1 saturated carbocycles. The van der Waals surface area contributed by atoms with Gasteiger partial charge in [-0.3, -0.25) is 10.1 Å². The highest BCUT2D eigenvalue weighted by molar-refractivity contribution is 5.58. The number of nitrogens with zero attached hydrogens (tertiary/aromatic N) is 3. The van der Waals surface area contributed by atoms with Gasteiger partial charge in [-0.2, -0.15) is 0 Å². The summed E-state index contributed by atoms with van der Waals surface area (Å²) in [4.78, 5) is 16.4. The van der Waals surface area contributed by atoms with Gasteiger partial charge in [-0.1, -0.05) is 6.42 Å². The summed E-state index contributed by atoms with van der Waals surface area (Å²) < 4.78 is 0. The van der Waals surface area contributed by atoms with Crippen LogP contribution in [0.15, 0.2) is 12.1 Å². The summed E-state index contributed by atoms with van der Waals surface area (Å²) in [6, 6.07) is 3.37. The number of aromatic nitrogens is 1. The number of hydrogen-bond donors (Lipinski definition) is 2. The van der Waals surface area contributed by atoms with Crippen LogP contribution in [0.1, 0.15) is 19.3 Å². The number of nitrogen functional groups attached to an aromatic ring is 1. The highest BCUT2D eigenvalue weighted by atomic mass is 16.6. The Bertz CT molecular complexity index is 479. The molecule has 0 aliphatic heterocycles. The van der Waals surface area contributed by atoms with Crippen molar-refractivity contribution in [1.29, 1.82) is 0 Å². The lowest BCUT2D eigenvalue weighted by Gasteiger charge is -2.30. The van der Waals surface area contributed by atoms with E-state index in [1.807, 2.05) is 11.9 Å². The van der Waals surface area contributed by atoms with Crippen LogP contribution in [-0.4, -0.2) is 29.5 Å². The van der Waals surface area contributed by atoms with Crippen molar-refractivity contribution < 1.29 is 4.92 Å². The van der Waals surface area contributed by atoms with Crippen LogP contribution < -0.4 is 16.4 Å². The molecule has 2 atom stereocenters. The number of nitrogens with two attached hydrogens (primary N) is 2. The first-order valence-corrected chi connectivity index (χ1v) is 6.38. The number of pyridine rings is 1. The van der Waals surface area contributed by atoms with Crippen molar-refractivity contribution in [2.75, 3.05) is 24.2 Å². The lowest BCUT2D eigenvalue weighted by Crippen LogP contribution is -2.38. The predicted molar refractivity (Wildman–Crippen MR) is 73.9 cm³/mol. The molecule has 1 aliphatic rings. The van der Waals surface area contributed by atoms with Crippen LogP contribution in [0.3, 0.4) is 0 Å². The molecule has 1 heterocycles. The Labute approximate surface area is 111 Å². The van der Waals surface area contributed by atoms with Crippen molar-refractivity contribution in [3.63, 3.8) is 0 Å². The minimum absolute atomic E-state index is 0.0448. The van der Waals surface area contributed by atoms with Gasteiger partial charge >= 0.3 is 5.69 Å². The van der Waals surface area contributed by atoms with Crippen molar-refractivity contribution in [3.8, 4) is 0 Å². The molecule has 1 fully saturated rings. The Morgan fingerprint density at radius 3 is 2.84 bits per heavy atom. The summed E-state index contributed by atoms with van der Waals surface area (Å²) in [5.41, 5.74) is 11.2. The Hall–Kier alpha value is -1.89. The van der Waals surface area contributed by atoms with Gasteiger partial charge in [-0.05, 0) is 31.4 Å². The number of nitro groups is 1. The van der Waals surface area contributed by atoms with Gasteiger partial charge in [-0.25, -0.2) is 4.98 Å². The average molecular weight is 265 g/mol. The van der Waals surface area contributed by atoms with Crippen LogP contribution in [0.2, 0.25) is 0 Å². The molecule has 0 bridgehead atoms. The maximum absolute atomic E-state index is 10.7. The maximum atomic E-state index is 10.7. The SMILES string of the molecule is CN(c1ccc([N+](=O)[O-])c(N)n1)C1CCCC1CN. The summed E-state index contributed by atoms with van der Waals surface area (Å²) in [7, 11) is 1.94. The van der Waals surface area contributed by atoms with Gasteiger partial charge in [0, 0.05) is 19.2 Å². The molecule has 0 radical (unpaired) electrons. The quantitative estimate of drug-likeness (QED) is 0.623. The van der Waals surface area contributed by atoms with Crippen LogP contribution >= 0.6 is 0 Å². The zero-order valence-electron chi connectivity index (χ0n) is 11.0. The van der Waals surface area contributed by atoms with Gasteiger partial charge in [0.25, 0.3) is 0 Å². The van der Waals surface area contributed by atoms with Gasteiger partial charge in [0.2, 0.25) is 5.82 Å². The molecule has 0 saturated heterocycles. The highest BCUT2D eigenvalue weighted by Gasteiger charge is 2.30. The van der Waals surface area contributed by atoms with Crippen LogP contribution in [-0.2, 0) is 0 Å². The van der Waals surface area contributed by atoms with Crippen molar-refractivity contribution >= 4 is 17.3 Å². The van der Waals surface area contributed by atoms with E-state index in [1.54, 1.807) is 6.07 Å². The fourth-order valence-corrected chi connectivity index (χ4v) is 2.78. The maximum Gasteiger partial charge on any atom is 0.311 e. The molecule has 1 aromatic heterocycles. The summed E-state index contributed by atoms with van der Waals surface area (Å²) >= 11 is 0. The molecule has 2 unspecified atom stereocenters. The van der Waals surface area contributed by atoms with Crippen molar-refractivity contribution in [3.05, 3.63) is 22.2 Å². The summed E-state index contributed by atoms with van der Waals surface area (Å²) in [5, 5.41) is 10.7. The Balaban J connectivity index is 2.22. The first-order chi connectivity index (χ1) is 9.04. The third-order valence-corrected chi connectivity index (χ3v) is 3.86. The average Bonchev–Trinajstić information content (AvgIpc) is 2.85. The molecule has 2 rings (SSSR count). The molecule has 0 amide bonds. The van der Waals surface area contributed by atoms with E-state index in [-0.39, 0.29) is 11.5 Å². The van der Waals surface area contributed by atoms with E-state index in [0.29, 0.717) is 24.3 Å². The van der Waals surface area contributed by atoms with E-state index < -0.39 is 4.92 Å². The second kappa shape index (κ2) is 5.40. The second-order valence-corrected chi connectivity index (χ2v) is 4.94. The molecule has 7 heteroatoms. The van der Waals surface area contributed by atoms with E-state index in [1.165, 1.54) is 6.07 Å². The molecule has 7 nitrogen and oxygen atoms in total. The first-order valence-electron chi connectivity index (χ1n) is 6.38. The molecule has 4 N–H and O–H groups in total. The molecule has 0 spiro atoms. The Morgan fingerprint density at radius 2 is 2.26 bits per heavy atom. The van der Waals surface area contributed by atoms with E-state index in [2.05, 4.69) is 4.98 Å². The molecule has 104 valence electrons. The van der Waals surface area contributed by atoms with Crippen molar-refractivity contribution in [1.82, 2.24) is 4.98 Å². The van der Waals surface area contributed by atoms with Crippen molar-refractivity contribution in [2.24, 2.45) is 11.7 Å². The van der Waals surface area contributed by atoms with Gasteiger partial charge in [-0.15, -0.1) is 0 Å². The Kier molecular flexibility index (Phi) is 3.84. The standard InChI is InChI=1S/C12H19N5O2/c1-16(9-4-2-3-8(9)7-13)11-6-5-10(17(18)19)12(14)15-11/h5-6,8-9H,2-4,7,13H2,1H3,(H2,14,15). The summed E-state index contributed by atoms with van der Waals surface area (Å²) in [5.74, 6) is 1.06. The van der Waals surface area contributed by atoms with Crippen LogP contribution in [0.25, 0.3) is 0 Å². The smallest absolute Gasteiger partial charge is 0.311 e. The van der Waals surface area contributed by atoms with Crippen LogP contribution in [0.4, 0.5) is 17.3 Å². The van der Waals surface area contributed by atoms with E-state index in [0.717, 1.165) is 19.3 Å². The third kappa shape index (κ3) is 2.60. The van der Waals surface area contributed by atoms with Gasteiger partial charge in [0.05, 0.1) is 4.92 Å². The molecular formula is C12H19N5O2. The van der Waals surface area contributed by atoms with Gasteiger partial charge in [0.15, 0.2) is 0 Å². The fraction of sp³-hybridized carbons (Fsp3) is 0.583. The van der Waals surface area contributed by atoms with Crippen LogP contribution in [0.5, 0.6) is 0 Å². The van der Waals surface area contributed by atoms with Crippen LogP contribution in [0, 0.1) is 16.0 Å². The largest absolute Gasteiger partial charge is 0.378 e. The Morgan fingerprint density at radius 1 is 1.53 bits per heavy atom. The van der Waals surface area contributed by atoms with E-state index in [9.17, 15) is 10.1 Å². The number of hydrogen-bond acceptors (Lipinski definition) is 6. The lowest BCUT2D eigenvalue weighted by atomic mass is 10.0. The molecule has 1 aromatic rings. The van der Waals surface area contributed by atoms with E-state index in [4.69, 9.17) is 11.5 Å². The topological polar surface area (TPSA) is 111 Å². The zero-order valence-corrected chi connectivity index (χ0v) is 11.0. The fourth-order valence-electron chi connectivity index (χ4n) is 2.78. The third-order valence-electron chi connectivity index (χ3n) is 3.86. The first kappa shape index (κ1) is 13.5. The van der Waals surface area contributed by atoms with Gasteiger partial charge < -0.3 is 16.4 Å². The minimum Gasteiger partial charge on any atom is -0.378 e. The normalized spacial score (nSPS) is 22.4. The number of rotatable bonds is 4. The summed E-state index contributed by atoms with van der Waals surface area (Å²) in [6.45, 7) is 0.650.